The summed E-state index contributed by atoms with van der Waals surface area (Å²) in [5, 5.41) is 0.325. The Morgan fingerprint density at radius 1 is 1.03 bits per heavy atom. The molecule has 1 aliphatic heterocycles. The molecule has 4 atom stereocenters. The minimum absolute atomic E-state index is 0.131. The molecule has 35 heavy (non-hydrogen) atoms. The van der Waals surface area contributed by atoms with E-state index in [2.05, 4.69) is 4.99 Å². The number of aliphatic imine (C=N–C) groups is 1. The van der Waals surface area contributed by atoms with Gasteiger partial charge in [-0.25, -0.2) is 0 Å². The van der Waals surface area contributed by atoms with Crippen LogP contribution in [-0.4, -0.2) is 73.5 Å². The monoisotopic (exact) mass is 510 g/mol. The Hall–Kier alpha value is -3.12. The van der Waals surface area contributed by atoms with Gasteiger partial charge < -0.3 is 23.7 Å². The van der Waals surface area contributed by atoms with Crippen molar-refractivity contribution in [2.24, 2.45) is 4.99 Å². The quantitative estimate of drug-likeness (QED) is 0.233. The first-order chi connectivity index (χ1) is 16.5. The maximum Gasteiger partial charge on any atom is 0.303 e. The van der Waals surface area contributed by atoms with Crippen LogP contribution in [0.3, 0.4) is 0 Å². The van der Waals surface area contributed by atoms with Crippen molar-refractivity contribution >= 4 is 46.4 Å². The lowest BCUT2D eigenvalue weighted by atomic mass is 10.0. The third kappa shape index (κ3) is 8.25. The van der Waals surface area contributed by atoms with E-state index < -0.39 is 41.7 Å². The minimum Gasteiger partial charge on any atom is -0.497 e. The van der Waals surface area contributed by atoms with Crippen LogP contribution in [0.1, 0.15) is 34.1 Å². The van der Waals surface area contributed by atoms with Gasteiger partial charge in [-0.05, 0) is 24.3 Å². The Balaban J connectivity index is 2.32. The van der Waals surface area contributed by atoms with Crippen molar-refractivity contribution in [3.63, 3.8) is 0 Å². The molecule has 0 bridgehead atoms. The number of esters is 3. The van der Waals surface area contributed by atoms with E-state index in [1.165, 1.54) is 39.6 Å². The van der Waals surface area contributed by atoms with E-state index in [0.717, 1.165) is 11.8 Å². The fourth-order valence-electron chi connectivity index (χ4n) is 3.45. The van der Waals surface area contributed by atoms with Gasteiger partial charge in [-0.1, -0.05) is 11.8 Å². The predicted molar refractivity (Wildman–Crippen MR) is 128 cm³/mol. The summed E-state index contributed by atoms with van der Waals surface area (Å²) in [6.07, 6.45) is -2.64. The summed E-state index contributed by atoms with van der Waals surface area (Å²) < 4.78 is 27.1. The molecule has 11 nitrogen and oxygen atoms in total. The second-order valence-electron chi connectivity index (χ2n) is 7.54. The number of rotatable bonds is 7. The summed E-state index contributed by atoms with van der Waals surface area (Å²) in [4.78, 5) is 53.1. The molecule has 0 N–H and O–H groups in total. The topological polar surface area (TPSA) is 130 Å². The van der Waals surface area contributed by atoms with Crippen LogP contribution in [0.2, 0.25) is 0 Å². The molecular weight excluding hydrogens is 480 g/mol. The maximum absolute atomic E-state index is 12.5. The number of benzene rings is 1. The van der Waals surface area contributed by atoms with Crippen LogP contribution in [-0.2, 0) is 38.1 Å². The number of thioether (sulfide) groups is 1. The number of hydrogen-bond donors (Lipinski definition) is 0. The molecule has 1 aliphatic rings. The second kappa shape index (κ2) is 13.1. The normalized spacial score (nSPS) is 22.1. The molecule has 0 aromatic heterocycles. The van der Waals surface area contributed by atoms with Crippen LogP contribution in [0.25, 0.3) is 0 Å². The summed E-state index contributed by atoms with van der Waals surface area (Å²) >= 11 is 1.13. The molecule has 192 valence electrons. The van der Waals surface area contributed by atoms with E-state index in [-0.39, 0.29) is 18.9 Å². The van der Waals surface area contributed by atoms with Crippen LogP contribution in [0.15, 0.2) is 29.3 Å². The zero-order valence-corrected chi connectivity index (χ0v) is 21.3. The van der Waals surface area contributed by atoms with Crippen LogP contribution < -0.4 is 9.64 Å². The molecule has 0 radical (unpaired) electrons. The highest BCUT2D eigenvalue weighted by molar-refractivity contribution is 8.14. The van der Waals surface area contributed by atoms with E-state index in [9.17, 15) is 19.2 Å². The van der Waals surface area contributed by atoms with Gasteiger partial charge in [0.1, 0.15) is 30.0 Å². The van der Waals surface area contributed by atoms with Crippen molar-refractivity contribution in [1.82, 2.24) is 0 Å². The summed E-state index contributed by atoms with van der Waals surface area (Å²) in [5.41, 5.74) is -0.112. The summed E-state index contributed by atoms with van der Waals surface area (Å²) in [7, 11) is 3.08. The minimum atomic E-state index is -0.986. The Labute approximate surface area is 208 Å². The largest absolute Gasteiger partial charge is 0.497 e. The standard InChI is InChI=1S/C23H30N2O9S/c1-13(26)25(17-7-9-18(30-6)10-8-17)23(24-5)35-21-11-19(32-15(3)28)22(33-16(4)29)20(34-21)12-31-14(2)27/h7-10,19-22H,11-12H2,1-6H3/t19-,20-,21?,22+/m1/s1. The van der Waals surface area contributed by atoms with Gasteiger partial charge in [0.25, 0.3) is 0 Å². The van der Waals surface area contributed by atoms with Crippen molar-refractivity contribution < 1.29 is 42.9 Å². The number of ether oxygens (including phenoxy) is 5. The van der Waals surface area contributed by atoms with Gasteiger partial charge in [-0.3, -0.25) is 29.1 Å². The maximum atomic E-state index is 12.5. The third-order valence-corrected chi connectivity index (χ3v) is 5.96. The second-order valence-corrected chi connectivity index (χ2v) is 8.67. The fourth-order valence-corrected chi connectivity index (χ4v) is 4.62. The smallest absolute Gasteiger partial charge is 0.303 e. The Kier molecular flexibility index (Phi) is 10.5. The number of carbonyl (C=O) groups excluding carboxylic acids is 4. The molecule has 2 rings (SSSR count). The third-order valence-electron chi connectivity index (χ3n) is 4.82. The summed E-state index contributed by atoms with van der Waals surface area (Å²) in [6, 6.07) is 6.87. The molecular formula is C23H30N2O9S. The van der Waals surface area contributed by atoms with Crippen LogP contribution in [0.4, 0.5) is 5.69 Å². The van der Waals surface area contributed by atoms with E-state index >= 15 is 0 Å². The average Bonchev–Trinajstić information content (AvgIpc) is 2.78. The molecule has 0 aliphatic carbocycles. The highest BCUT2D eigenvalue weighted by Crippen LogP contribution is 2.34. The molecule has 1 heterocycles. The lowest BCUT2D eigenvalue weighted by Crippen LogP contribution is -2.53. The molecule has 0 saturated carbocycles. The first kappa shape index (κ1) is 28.1. The number of methoxy groups -OCH3 is 1. The first-order valence-corrected chi connectivity index (χ1v) is 11.6. The van der Waals surface area contributed by atoms with Crippen molar-refractivity contribution in [1.29, 1.82) is 0 Å². The van der Waals surface area contributed by atoms with Gasteiger partial charge >= 0.3 is 17.9 Å². The fraction of sp³-hybridized carbons (Fsp3) is 0.522. The van der Waals surface area contributed by atoms with Gasteiger partial charge in [0.15, 0.2) is 11.3 Å². The molecule has 1 amide bonds. The highest BCUT2D eigenvalue weighted by atomic mass is 32.2. The van der Waals surface area contributed by atoms with Gasteiger partial charge in [-0.15, -0.1) is 0 Å². The van der Waals surface area contributed by atoms with Crippen molar-refractivity contribution in [2.45, 2.75) is 57.9 Å². The number of carbonyl (C=O) groups is 4. The SMILES string of the molecule is CN=C(SC1C[C@@H](OC(C)=O)[C@H](OC(C)=O)[C@@H](COC(C)=O)O1)N(C(C)=O)c1ccc(OC)cc1. The lowest BCUT2D eigenvalue weighted by Gasteiger charge is -2.40. The van der Waals surface area contributed by atoms with Gasteiger partial charge in [0, 0.05) is 41.2 Å². The first-order valence-electron chi connectivity index (χ1n) is 10.8. The van der Waals surface area contributed by atoms with Gasteiger partial charge in [0.2, 0.25) is 5.91 Å². The zero-order valence-electron chi connectivity index (χ0n) is 20.5. The van der Waals surface area contributed by atoms with Crippen molar-refractivity contribution in [2.75, 3.05) is 25.7 Å². The van der Waals surface area contributed by atoms with E-state index in [4.69, 9.17) is 23.7 Å². The van der Waals surface area contributed by atoms with E-state index in [1.54, 1.807) is 31.4 Å². The Morgan fingerprint density at radius 2 is 1.66 bits per heavy atom. The highest BCUT2D eigenvalue weighted by Gasteiger charge is 2.44. The van der Waals surface area contributed by atoms with Gasteiger partial charge in [0.05, 0.1) is 12.8 Å². The molecule has 12 heteroatoms. The molecule has 1 fully saturated rings. The summed E-state index contributed by atoms with van der Waals surface area (Å²) in [6.45, 7) is 4.87. The van der Waals surface area contributed by atoms with E-state index in [1.807, 2.05) is 0 Å². The van der Waals surface area contributed by atoms with Gasteiger partial charge in [-0.2, -0.15) is 0 Å². The average molecular weight is 511 g/mol. The number of amidine groups is 1. The predicted octanol–water partition coefficient (Wildman–Crippen LogP) is 2.31. The number of amides is 1. The molecule has 1 saturated heterocycles. The number of nitrogens with zero attached hydrogens (tertiary/aromatic N) is 2. The van der Waals surface area contributed by atoms with Crippen LogP contribution in [0.5, 0.6) is 5.75 Å². The molecule has 0 spiro atoms. The van der Waals surface area contributed by atoms with Crippen molar-refractivity contribution in [3.8, 4) is 5.75 Å². The molecule has 1 unspecified atom stereocenters. The van der Waals surface area contributed by atoms with E-state index in [0.29, 0.717) is 16.6 Å². The Morgan fingerprint density at radius 3 is 2.14 bits per heavy atom. The van der Waals surface area contributed by atoms with Crippen molar-refractivity contribution in [3.05, 3.63) is 24.3 Å². The Bertz CT molecular complexity index is 951. The molecule has 1 aromatic rings. The van der Waals surface area contributed by atoms with Crippen LogP contribution in [0, 0.1) is 0 Å². The zero-order chi connectivity index (χ0) is 26.1. The van der Waals surface area contributed by atoms with Crippen LogP contribution >= 0.6 is 11.8 Å². The number of anilines is 1. The number of hydrogen-bond acceptors (Lipinski definition) is 11. The lowest BCUT2D eigenvalue weighted by molar-refractivity contribution is -0.204. The summed E-state index contributed by atoms with van der Waals surface area (Å²) in [5.74, 6) is -1.38. The molecule has 1 aromatic carbocycles.